The van der Waals surface area contributed by atoms with Crippen LogP contribution in [0.1, 0.15) is 23.6 Å². The van der Waals surface area contributed by atoms with Crippen LogP contribution in [0.5, 0.6) is 5.75 Å². The van der Waals surface area contributed by atoms with Gasteiger partial charge >= 0.3 is 0 Å². The Labute approximate surface area is 123 Å². The smallest absolute Gasteiger partial charge is 0.251 e. The summed E-state index contributed by atoms with van der Waals surface area (Å²) in [5.74, 6) is 0.868. The van der Waals surface area contributed by atoms with Gasteiger partial charge in [-0.15, -0.1) is 12.4 Å². The summed E-state index contributed by atoms with van der Waals surface area (Å²) in [6.07, 6.45) is 0.813. The number of nitrogens with two attached hydrogens (primary N) is 1. The summed E-state index contributed by atoms with van der Waals surface area (Å²) in [4.78, 5) is 14.7. The first-order chi connectivity index (χ1) is 8.93. The molecule has 1 atom stereocenters. The molecule has 108 valence electrons. The Kier molecular flexibility index (Phi) is 3.56. The van der Waals surface area contributed by atoms with E-state index in [0.29, 0.717) is 12.1 Å². The lowest BCUT2D eigenvalue weighted by molar-refractivity contribution is 0.127. The van der Waals surface area contributed by atoms with Gasteiger partial charge in [0, 0.05) is 23.9 Å². The van der Waals surface area contributed by atoms with E-state index in [2.05, 4.69) is 11.1 Å². The largest absolute Gasteiger partial charge is 0.485 e. The van der Waals surface area contributed by atoms with Crippen molar-refractivity contribution in [1.82, 2.24) is 4.98 Å². The highest BCUT2D eigenvalue weighted by atomic mass is 35.5. The lowest BCUT2D eigenvalue weighted by atomic mass is 9.97. The molecule has 2 aromatic rings. The highest BCUT2D eigenvalue weighted by Gasteiger charge is 2.35. The summed E-state index contributed by atoms with van der Waals surface area (Å²) in [6, 6.07) is 3.99. The quantitative estimate of drug-likeness (QED) is 0.847. The van der Waals surface area contributed by atoms with Gasteiger partial charge in [0.05, 0.1) is 5.52 Å². The molecule has 0 aliphatic carbocycles. The Morgan fingerprint density at radius 2 is 2.05 bits per heavy atom. The average molecular weight is 295 g/mol. The van der Waals surface area contributed by atoms with Crippen molar-refractivity contribution in [3.05, 3.63) is 39.2 Å². The summed E-state index contributed by atoms with van der Waals surface area (Å²) in [5, 5.41) is 0.976. The topological polar surface area (TPSA) is 68.1 Å². The summed E-state index contributed by atoms with van der Waals surface area (Å²) in [5.41, 5.74) is 9.21. The average Bonchev–Trinajstić information content (AvgIpc) is 2.70. The number of aromatic nitrogens is 1. The molecular formula is C15H19ClN2O2. The monoisotopic (exact) mass is 294 g/mol. The van der Waals surface area contributed by atoms with Gasteiger partial charge in [-0.1, -0.05) is 6.07 Å². The number of ether oxygens (including phenoxy) is 1. The predicted octanol–water partition coefficient (Wildman–Crippen LogP) is 2.22. The maximum Gasteiger partial charge on any atom is 0.251 e. The Balaban J connectivity index is 0.00000147. The van der Waals surface area contributed by atoms with Crippen molar-refractivity contribution in [2.75, 3.05) is 6.54 Å². The van der Waals surface area contributed by atoms with Crippen LogP contribution in [-0.2, 0) is 6.42 Å². The second-order valence-corrected chi connectivity index (χ2v) is 5.68. The van der Waals surface area contributed by atoms with Crippen LogP contribution in [0.15, 0.2) is 16.9 Å². The molecular weight excluding hydrogens is 276 g/mol. The maximum atomic E-state index is 11.8. The minimum atomic E-state index is -0.340. The molecule has 2 heterocycles. The molecule has 0 radical (unpaired) electrons. The number of hydrogen-bond donors (Lipinski definition) is 2. The molecule has 3 rings (SSSR count). The van der Waals surface area contributed by atoms with Crippen LogP contribution in [0.2, 0.25) is 0 Å². The molecule has 1 aromatic carbocycles. The number of aromatic amines is 1. The van der Waals surface area contributed by atoms with Gasteiger partial charge in [0.1, 0.15) is 11.4 Å². The number of aryl methyl sites for hydroxylation is 2. The first-order valence-corrected chi connectivity index (χ1v) is 6.49. The van der Waals surface area contributed by atoms with E-state index in [0.717, 1.165) is 28.6 Å². The molecule has 0 amide bonds. The third-order valence-corrected chi connectivity index (χ3v) is 3.89. The second kappa shape index (κ2) is 4.79. The zero-order valence-corrected chi connectivity index (χ0v) is 12.7. The Bertz CT molecular complexity index is 739. The van der Waals surface area contributed by atoms with Gasteiger partial charge in [0.25, 0.3) is 5.56 Å². The Hall–Kier alpha value is -1.52. The first-order valence-electron chi connectivity index (χ1n) is 6.49. The molecule has 1 aliphatic rings. The van der Waals surface area contributed by atoms with E-state index in [1.165, 1.54) is 5.56 Å². The molecule has 5 heteroatoms. The third-order valence-electron chi connectivity index (χ3n) is 3.89. The number of halogens is 1. The molecule has 4 nitrogen and oxygen atoms in total. The number of benzene rings is 1. The summed E-state index contributed by atoms with van der Waals surface area (Å²) in [7, 11) is 0. The van der Waals surface area contributed by atoms with Gasteiger partial charge in [0.2, 0.25) is 0 Å². The number of fused-ring (bicyclic) bond motifs is 3. The fraction of sp³-hybridized carbons (Fsp3) is 0.400. The van der Waals surface area contributed by atoms with Crippen molar-refractivity contribution < 1.29 is 4.74 Å². The minimum absolute atomic E-state index is 0. The molecule has 0 bridgehead atoms. The van der Waals surface area contributed by atoms with Gasteiger partial charge in [-0.3, -0.25) is 4.79 Å². The molecule has 0 saturated heterocycles. The van der Waals surface area contributed by atoms with E-state index < -0.39 is 0 Å². The van der Waals surface area contributed by atoms with E-state index in [-0.39, 0.29) is 23.6 Å². The van der Waals surface area contributed by atoms with Crippen LogP contribution in [0.25, 0.3) is 10.9 Å². The van der Waals surface area contributed by atoms with E-state index >= 15 is 0 Å². The number of nitrogens with one attached hydrogen (secondary N) is 1. The SMILES string of the molecule is Cc1cc2c3c(cc(C)c2[nH]c1=O)CC(C)(CN)O3.Cl. The fourth-order valence-electron chi connectivity index (χ4n) is 2.75. The van der Waals surface area contributed by atoms with Gasteiger partial charge < -0.3 is 15.5 Å². The van der Waals surface area contributed by atoms with Crippen molar-refractivity contribution >= 4 is 23.3 Å². The summed E-state index contributed by atoms with van der Waals surface area (Å²) >= 11 is 0. The molecule has 0 spiro atoms. The van der Waals surface area contributed by atoms with Gasteiger partial charge in [-0.25, -0.2) is 0 Å². The lowest BCUT2D eigenvalue weighted by Gasteiger charge is -2.21. The minimum Gasteiger partial charge on any atom is -0.485 e. The van der Waals surface area contributed by atoms with Crippen LogP contribution >= 0.6 is 12.4 Å². The molecule has 1 aliphatic heterocycles. The molecule has 0 fully saturated rings. The second-order valence-electron chi connectivity index (χ2n) is 5.68. The summed E-state index contributed by atoms with van der Waals surface area (Å²) < 4.78 is 6.06. The van der Waals surface area contributed by atoms with Crippen molar-refractivity contribution in [3.63, 3.8) is 0 Å². The molecule has 1 aromatic heterocycles. The highest BCUT2D eigenvalue weighted by Crippen LogP contribution is 2.40. The first kappa shape index (κ1) is 14.9. The number of rotatable bonds is 1. The van der Waals surface area contributed by atoms with Crippen molar-refractivity contribution in [2.45, 2.75) is 32.8 Å². The van der Waals surface area contributed by atoms with Crippen LogP contribution in [-0.4, -0.2) is 17.1 Å². The fourth-order valence-corrected chi connectivity index (χ4v) is 2.75. The van der Waals surface area contributed by atoms with Crippen molar-refractivity contribution in [2.24, 2.45) is 5.73 Å². The maximum absolute atomic E-state index is 11.8. The normalized spacial score (nSPS) is 20.4. The predicted molar refractivity (Wildman–Crippen MR) is 83.1 cm³/mol. The van der Waals surface area contributed by atoms with Gasteiger partial charge in [0.15, 0.2) is 0 Å². The standard InChI is InChI=1S/C15H18N2O2.ClH/c1-8-4-10-6-15(3,7-16)19-13(10)11-5-9(2)14(18)17-12(8)11;/h4-5H,6-7,16H2,1-3H3,(H,17,18);1H. The van der Waals surface area contributed by atoms with E-state index in [1.807, 2.05) is 26.8 Å². The van der Waals surface area contributed by atoms with Crippen LogP contribution in [0, 0.1) is 13.8 Å². The summed E-state index contributed by atoms with van der Waals surface area (Å²) in [6.45, 7) is 6.31. The van der Waals surface area contributed by atoms with E-state index in [4.69, 9.17) is 10.5 Å². The van der Waals surface area contributed by atoms with Crippen LogP contribution in [0.3, 0.4) is 0 Å². The molecule has 0 saturated carbocycles. The number of H-pyrrole nitrogens is 1. The molecule has 1 unspecified atom stereocenters. The molecule has 20 heavy (non-hydrogen) atoms. The van der Waals surface area contributed by atoms with Crippen LogP contribution in [0.4, 0.5) is 0 Å². The van der Waals surface area contributed by atoms with Crippen molar-refractivity contribution in [1.29, 1.82) is 0 Å². The van der Waals surface area contributed by atoms with Gasteiger partial charge in [-0.05, 0) is 38.0 Å². The van der Waals surface area contributed by atoms with E-state index in [1.54, 1.807) is 0 Å². The van der Waals surface area contributed by atoms with E-state index in [9.17, 15) is 4.79 Å². The Morgan fingerprint density at radius 1 is 1.35 bits per heavy atom. The zero-order chi connectivity index (χ0) is 13.8. The molecule has 3 N–H and O–H groups in total. The number of pyridine rings is 1. The highest BCUT2D eigenvalue weighted by molar-refractivity contribution is 5.90. The van der Waals surface area contributed by atoms with Crippen molar-refractivity contribution in [3.8, 4) is 5.75 Å². The number of hydrogen-bond acceptors (Lipinski definition) is 3. The zero-order valence-electron chi connectivity index (χ0n) is 11.9. The van der Waals surface area contributed by atoms with Crippen LogP contribution < -0.4 is 16.0 Å². The van der Waals surface area contributed by atoms with Gasteiger partial charge in [-0.2, -0.15) is 0 Å². The Morgan fingerprint density at radius 3 is 2.70 bits per heavy atom. The third kappa shape index (κ3) is 2.09. The lowest BCUT2D eigenvalue weighted by Crippen LogP contribution is -2.38.